The molecule has 1 saturated heterocycles. The summed E-state index contributed by atoms with van der Waals surface area (Å²) < 4.78 is 5.38. The molecule has 1 N–H and O–H groups in total. The number of carboxylic acids is 1. The van der Waals surface area contributed by atoms with Crippen molar-refractivity contribution < 1.29 is 19.4 Å². The Balaban J connectivity index is 1.51. The van der Waals surface area contributed by atoms with Crippen LogP contribution in [0.15, 0.2) is 23.2 Å². The highest BCUT2D eigenvalue weighted by Gasteiger charge is 2.36. The van der Waals surface area contributed by atoms with E-state index in [0.717, 1.165) is 68.5 Å². The molecule has 0 spiro atoms. The van der Waals surface area contributed by atoms with Gasteiger partial charge >= 0.3 is 5.97 Å². The van der Waals surface area contributed by atoms with Crippen LogP contribution in [0.25, 0.3) is 0 Å². The topological polar surface area (TPSA) is 79.2 Å². The van der Waals surface area contributed by atoms with E-state index in [2.05, 4.69) is 12.1 Å². The van der Waals surface area contributed by atoms with Gasteiger partial charge in [0, 0.05) is 37.7 Å². The number of hydrogen-bond donors (Lipinski definition) is 1. The van der Waals surface area contributed by atoms with Gasteiger partial charge in [0.05, 0.1) is 7.11 Å². The normalized spacial score (nSPS) is 24.3. The van der Waals surface area contributed by atoms with E-state index in [1.165, 1.54) is 12.0 Å². The predicted molar refractivity (Wildman–Crippen MR) is 120 cm³/mol. The van der Waals surface area contributed by atoms with Crippen LogP contribution in [0.3, 0.4) is 0 Å². The molecule has 2 aliphatic heterocycles. The van der Waals surface area contributed by atoms with Crippen LogP contribution in [0.5, 0.6) is 5.75 Å². The van der Waals surface area contributed by atoms with Crippen LogP contribution in [-0.2, 0) is 16.0 Å². The Labute approximate surface area is 184 Å². The van der Waals surface area contributed by atoms with Gasteiger partial charge in [-0.1, -0.05) is 19.3 Å². The van der Waals surface area contributed by atoms with Crippen molar-refractivity contribution in [3.63, 3.8) is 0 Å². The smallest absolute Gasteiger partial charge is 0.303 e. The van der Waals surface area contributed by atoms with Crippen molar-refractivity contribution in [2.45, 2.75) is 57.8 Å². The summed E-state index contributed by atoms with van der Waals surface area (Å²) in [5, 5.41) is 9.46. The number of benzene rings is 1. The lowest BCUT2D eigenvalue weighted by Gasteiger charge is -2.40. The minimum Gasteiger partial charge on any atom is -0.497 e. The lowest BCUT2D eigenvalue weighted by molar-refractivity contribution is -0.141. The fraction of sp³-hybridized carbons (Fsp3) is 0.640. The molecule has 2 atom stereocenters. The van der Waals surface area contributed by atoms with Crippen LogP contribution < -0.4 is 4.74 Å². The molecule has 31 heavy (non-hydrogen) atoms. The van der Waals surface area contributed by atoms with Crippen LogP contribution in [0, 0.1) is 17.8 Å². The monoisotopic (exact) mass is 426 g/mol. The first-order chi connectivity index (χ1) is 15.0. The molecule has 1 aliphatic carbocycles. The Morgan fingerprint density at radius 2 is 1.97 bits per heavy atom. The number of piperidine rings is 1. The number of likely N-dealkylation sites (tertiary alicyclic amines) is 1. The van der Waals surface area contributed by atoms with Crippen LogP contribution in [0.1, 0.15) is 62.5 Å². The Hall–Kier alpha value is -2.37. The zero-order chi connectivity index (χ0) is 21.8. The maximum Gasteiger partial charge on any atom is 0.303 e. The molecule has 3 aliphatic rings. The van der Waals surface area contributed by atoms with Crippen molar-refractivity contribution >= 4 is 17.6 Å². The van der Waals surface area contributed by atoms with E-state index in [-0.39, 0.29) is 30.1 Å². The molecule has 1 aromatic rings. The number of amides is 1. The van der Waals surface area contributed by atoms with Gasteiger partial charge in [0.25, 0.3) is 0 Å². The maximum atomic E-state index is 13.2. The molecule has 1 saturated carbocycles. The minimum atomic E-state index is -0.752. The number of carbonyl (C=O) groups is 2. The molecule has 1 amide bonds. The Morgan fingerprint density at radius 1 is 1.16 bits per heavy atom. The molecule has 1 aromatic carbocycles. The van der Waals surface area contributed by atoms with Crippen molar-refractivity contribution in [2.24, 2.45) is 22.7 Å². The molecule has 2 unspecified atom stereocenters. The average molecular weight is 427 g/mol. The highest BCUT2D eigenvalue weighted by atomic mass is 16.5. The molecule has 0 radical (unpaired) electrons. The van der Waals surface area contributed by atoms with Crippen molar-refractivity contribution in [2.75, 3.05) is 26.7 Å². The van der Waals surface area contributed by atoms with Crippen molar-refractivity contribution in [1.82, 2.24) is 4.90 Å². The number of methoxy groups -OCH3 is 1. The second-order valence-corrected chi connectivity index (χ2v) is 9.33. The Morgan fingerprint density at radius 3 is 2.71 bits per heavy atom. The summed E-state index contributed by atoms with van der Waals surface area (Å²) in [5.41, 5.74) is 3.44. The molecule has 168 valence electrons. The fourth-order valence-electron chi connectivity index (χ4n) is 5.62. The molecule has 0 bridgehead atoms. The van der Waals surface area contributed by atoms with Crippen LogP contribution in [-0.4, -0.2) is 54.3 Å². The third-order valence-electron chi connectivity index (χ3n) is 7.36. The second-order valence-electron chi connectivity index (χ2n) is 9.33. The molecule has 2 fully saturated rings. The number of rotatable bonds is 6. The lowest BCUT2D eigenvalue weighted by atomic mass is 9.77. The highest BCUT2D eigenvalue weighted by Crippen LogP contribution is 2.34. The first-order valence-electron chi connectivity index (χ1n) is 11.8. The van der Waals surface area contributed by atoms with Gasteiger partial charge in [-0.2, -0.15) is 0 Å². The van der Waals surface area contributed by atoms with E-state index < -0.39 is 5.97 Å². The van der Waals surface area contributed by atoms with E-state index in [1.54, 1.807) is 7.11 Å². The number of hydrogen-bond acceptors (Lipinski definition) is 4. The van der Waals surface area contributed by atoms with Gasteiger partial charge < -0.3 is 14.7 Å². The number of aliphatic imine (C=N–C) groups is 1. The van der Waals surface area contributed by atoms with E-state index >= 15 is 0 Å². The SMILES string of the molecule is COc1ccc2c(c1)CCN=C2CC1CN(C(=O)C2CCCCC2)CCC1CC(=O)O. The maximum absolute atomic E-state index is 13.2. The third-order valence-corrected chi connectivity index (χ3v) is 7.36. The van der Waals surface area contributed by atoms with E-state index in [1.807, 2.05) is 11.0 Å². The summed E-state index contributed by atoms with van der Waals surface area (Å²) in [5.74, 6) is 0.756. The number of fused-ring (bicyclic) bond motifs is 1. The van der Waals surface area contributed by atoms with Crippen molar-refractivity contribution in [3.8, 4) is 5.75 Å². The molecule has 6 nitrogen and oxygen atoms in total. The van der Waals surface area contributed by atoms with Gasteiger partial charge in [0.15, 0.2) is 0 Å². The largest absolute Gasteiger partial charge is 0.497 e. The van der Waals surface area contributed by atoms with E-state index in [4.69, 9.17) is 9.73 Å². The van der Waals surface area contributed by atoms with Crippen LogP contribution in [0.2, 0.25) is 0 Å². The van der Waals surface area contributed by atoms with Gasteiger partial charge in [0.2, 0.25) is 5.91 Å². The minimum absolute atomic E-state index is 0.0826. The Kier molecular flexibility index (Phi) is 6.93. The Bertz CT molecular complexity index is 844. The summed E-state index contributed by atoms with van der Waals surface area (Å²) >= 11 is 0. The summed E-state index contributed by atoms with van der Waals surface area (Å²) in [7, 11) is 1.68. The molecule has 2 heterocycles. The van der Waals surface area contributed by atoms with Crippen molar-refractivity contribution in [3.05, 3.63) is 29.3 Å². The first-order valence-corrected chi connectivity index (χ1v) is 11.8. The molecule has 6 heteroatoms. The molecule has 0 aromatic heterocycles. The highest BCUT2D eigenvalue weighted by molar-refractivity contribution is 6.03. The summed E-state index contributed by atoms with van der Waals surface area (Å²) in [6, 6.07) is 6.12. The standard InChI is InChI=1S/C25H34N2O4/c1-31-21-7-8-22-19(13-21)9-11-26-23(22)14-20-16-27(12-10-18(20)15-24(28)29)25(30)17-5-3-2-4-6-17/h7-8,13,17-18,20H,2-6,9-12,14-16H2,1H3,(H,28,29). The number of nitrogens with zero attached hydrogens (tertiary/aromatic N) is 2. The van der Waals surface area contributed by atoms with Gasteiger partial charge in [-0.15, -0.1) is 0 Å². The number of carboxylic acid groups (broad SMARTS) is 1. The van der Waals surface area contributed by atoms with E-state index in [9.17, 15) is 14.7 Å². The molecular formula is C25H34N2O4. The summed E-state index contributed by atoms with van der Waals surface area (Å²) in [6.45, 7) is 2.08. The van der Waals surface area contributed by atoms with Gasteiger partial charge in [-0.3, -0.25) is 14.6 Å². The third kappa shape index (κ3) is 5.10. The van der Waals surface area contributed by atoms with Gasteiger partial charge in [-0.05, 0) is 73.3 Å². The van der Waals surface area contributed by atoms with Crippen LogP contribution >= 0.6 is 0 Å². The van der Waals surface area contributed by atoms with Gasteiger partial charge in [0.1, 0.15) is 5.75 Å². The molecule has 4 rings (SSSR count). The predicted octanol–water partition coefficient (Wildman–Crippen LogP) is 3.95. The lowest BCUT2D eigenvalue weighted by Crippen LogP contribution is -2.47. The first kappa shape index (κ1) is 21.8. The molecular weight excluding hydrogens is 392 g/mol. The average Bonchev–Trinajstić information content (AvgIpc) is 2.79. The quantitative estimate of drug-likeness (QED) is 0.747. The second kappa shape index (κ2) is 9.84. The van der Waals surface area contributed by atoms with Gasteiger partial charge in [-0.25, -0.2) is 0 Å². The summed E-state index contributed by atoms with van der Waals surface area (Å²) in [6.07, 6.45) is 8.07. The number of carbonyl (C=O) groups excluding carboxylic acids is 1. The summed E-state index contributed by atoms with van der Waals surface area (Å²) in [4.78, 5) is 31.5. The van der Waals surface area contributed by atoms with E-state index in [0.29, 0.717) is 13.1 Å². The zero-order valence-electron chi connectivity index (χ0n) is 18.5. The number of ether oxygens (including phenoxy) is 1. The van der Waals surface area contributed by atoms with Crippen molar-refractivity contribution in [1.29, 1.82) is 0 Å². The fourth-order valence-corrected chi connectivity index (χ4v) is 5.62. The zero-order valence-corrected chi connectivity index (χ0v) is 18.5. The van der Waals surface area contributed by atoms with Crippen LogP contribution in [0.4, 0.5) is 0 Å². The number of aliphatic carboxylic acids is 1.